The van der Waals surface area contributed by atoms with Gasteiger partial charge in [-0.05, 0) is 49.4 Å². The Bertz CT molecular complexity index is 1570. The smallest absolute Gasteiger partial charge is 0.138 e. The zero-order valence-corrected chi connectivity index (χ0v) is 17.4. The van der Waals surface area contributed by atoms with E-state index in [-0.39, 0.29) is 0 Å². The largest absolute Gasteiger partial charge is 0.397 e. The summed E-state index contributed by atoms with van der Waals surface area (Å²) in [5.41, 5.74) is 13.4. The molecular weight excluding hydrogens is 406 g/mol. The van der Waals surface area contributed by atoms with Gasteiger partial charge in [-0.2, -0.15) is 5.10 Å². The molecule has 0 bridgehead atoms. The molecule has 7 nitrogen and oxygen atoms in total. The second-order valence-corrected chi connectivity index (χ2v) is 8.67. The number of nitrogens with two attached hydrogens (primary N) is 1. The number of fused-ring (bicyclic) bond motifs is 2. The minimum absolute atomic E-state index is 0.602. The Morgan fingerprint density at radius 1 is 1.03 bits per heavy atom. The summed E-state index contributed by atoms with van der Waals surface area (Å²) < 4.78 is 0. The van der Waals surface area contributed by atoms with Gasteiger partial charge >= 0.3 is 0 Å². The van der Waals surface area contributed by atoms with Crippen molar-refractivity contribution in [3.05, 3.63) is 65.9 Å². The maximum atomic E-state index is 5.90. The average molecular weight is 424 g/mol. The molecule has 0 aliphatic heterocycles. The molecule has 0 aliphatic carbocycles. The minimum atomic E-state index is 0.602. The van der Waals surface area contributed by atoms with Crippen molar-refractivity contribution < 1.29 is 0 Å². The van der Waals surface area contributed by atoms with E-state index in [0.29, 0.717) is 5.69 Å². The van der Waals surface area contributed by atoms with E-state index >= 15 is 0 Å². The molecule has 0 saturated carbocycles. The highest BCUT2D eigenvalue weighted by molar-refractivity contribution is 7.15. The van der Waals surface area contributed by atoms with Gasteiger partial charge < -0.3 is 10.7 Å². The fourth-order valence-electron chi connectivity index (χ4n) is 3.79. The lowest BCUT2D eigenvalue weighted by atomic mass is 10.1. The molecule has 6 heterocycles. The minimum Gasteiger partial charge on any atom is -0.397 e. The number of pyridine rings is 3. The summed E-state index contributed by atoms with van der Waals surface area (Å²) in [5, 5.41) is 8.68. The van der Waals surface area contributed by atoms with Crippen LogP contribution in [0.15, 0.2) is 61.1 Å². The molecule has 4 N–H and O–H groups in total. The molecule has 0 unspecified atom stereocenters. The number of aromatic amines is 2. The van der Waals surface area contributed by atoms with Crippen LogP contribution in [0.5, 0.6) is 0 Å². The molecule has 0 spiro atoms. The summed E-state index contributed by atoms with van der Waals surface area (Å²) in [6, 6.07) is 14.2. The molecule has 0 amide bonds. The van der Waals surface area contributed by atoms with Crippen molar-refractivity contribution in [2.45, 2.75) is 6.92 Å². The summed E-state index contributed by atoms with van der Waals surface area (Å²) >= 11 is 1.77. The van der Waals surface area contributed by atoms with Gasteiger partial charge in [0.25, 0.3) is 0 Å². The average Bonchev–Trinajstić information content (AvgIpc) is 3.50. The highest BCUT2D eigenvalue weighted by Gasteiger charge is 2.16. The molecule has 0 aromatic carbocycles. The van der Waals surface area contributed by atoms with Crippen molar-refractivity contribution in [3.63, 3.8) is 0 Å². The zero-order valence-electron chi connectivity index (χ0n) is 16.5. The van der Waals surface area contributed by atoms with E-state index in [9.17, 15) is 0 Å². The fourth-order valence-corrected chi connectivity index (χ4v) is 4.70. The van der Waals surface area contributed by atoms with E-state index in [2.05, 4.69) is 56.3 Å². The van der Waals surface area contributed by atoms with Crippen LogP contribution >= 0.6 is 11.3 Å². The van der Waals surface area contributed by atoms with Crippen molar-refractivity contribution in [1.82, 2.24) is 30.1 Å². The first-order chi connectivity index (χ1) is 15.2. The van der Waals surface area contributed by atoms with Gasteiger partial charge in [0.2, 0.25) is 0 Å². The summed E-state index contributed by atoms with van der Waals surface area (Å²) in [6.45, 7) is 2.12. The zero-order chi connectivity index (χ0) is 20.9. The number of aromatic nitrogens is 6. The van der Waals surface area contributed by atoms with Gasteiger partial charge in [0.05, 0.1) is 22.6 Å². The van der Waals surface area contributed by atoms with Gasteiger partial charge in [0, 0.05) is 44.9 Å². The van der Waals surface area contributed by atoms with Crippen molar-refractivity contribution in [2.75, 3.05) is 5.73 Å². The highest BCUT2D eigenvalue weighted by Crippen LogP contribution is 2.36. The molecule has 0 radical (unpaired) electrons. The van der Waals surface area contributed by atoms with Crippen LogP contribution in [0.25, 0.3) is 55.2 Å². The van der Waals surface area contributed by atoms with Gasteiger partial charge in [-0.3, -0.25) is 10.1 Å². The Morgan fingerprint density at radius 2 is 1.97 bits per heavy atom. The van der Waals surface area contributed by atoms with Crippen molar-refractivity contribution in [3.8, 4) is 33.1 Å². The third-order valence-corrected chi connectivity index (χ3v) is 6.29. The lowest BCUT2D eigenvalue weighted by Gasteiger charge is -2.02. The SMILES string of the molecule is Cc1ccc(-c2ccnc3[nH]c(-c4n[nH]c5ccc(-c6cncc(N)c6)nc45)cc23)s1. The normalized spacial score (nSPS) is 11.5. The standard InChI is InChI=1S/C23H17N7S/c1-12-2-5-20(31-12)15-6-7-26-23-16(15)9-19(28-23)22-21-18(29-30-22)4-3-17(27-21)13-8-14(24)11-25-10-13/h2-11H,24H2,1H3,(H,26,28)(H,29,30). The molecular formula is C23H17N7S. The number of rotatable bonds is 3. The summed E-state index contributed by atoms with van der Waals surface area (Å²) in [5.74, 6) is 0. The van der Waals surface area contributed by atoms with E-state index in [1.807, 2.05) is 24.4 Å². The molecule has 0 saturated heterocycles. The highest BCUT2D eigenvalue weighted by atomic mass is 32.1. The quantitative estimate of drug-likeness (QED) is 0.363. The first-order valence-electron chi connectivity index (χ1n) is 9.76. The predicted molar refractivity (Wildman–Crippen MR) is 125 cm³/mol. The number of nitrogen functional groups attached to an aromatic ring is 1. The number of hydrogen-bond donors (Lipinski definition) is 3. The summed E-state index contributed by atoms with van der Waals surface area (Å²) in [6.07, 6.45) is 5.21. The van der Waals surface area contributed by atoms with E-state index in [1.165, 1.54) is 9.75 Å². The first-order valence-corrected chi connectivity index (χ1v) is 10.6. The molecule has 150 valence electrons. The Morgan fingerprint density at radius 3 is 2.81 bits per heavy atom. The van der Waals surface area contributed by atoms with Crippen LogP contribution in [0.1, 0.15) is 4.88 Å². The lowest BCUT2D eigenvalue weighted by Crippen LogP contribution is -1.90. The maximum Gasteiger partial charge on any atom is 0.138 e. The summed E-state index contributed by atoms with van der Waals surface area (Å²) in [7, 11) is 0. The Hall–Kier alpha value is -4.04. The topological polar surface area (TPSA) is 109 Å². The number of thiophene rings is 1. The second kappa shape index (κ2) is 6.75. The number of nitrogens with zero attached hydrogens (tertiary/aromatic N) is 4. The second-order valence-electron chi connectivity index (χ2n) is 7.39. The van der Waals surface area contributed by atoms with E-state index < -0.39 is 0 Å². The van der Waals surface area contributed by atoms with E-state index in [1.54, 1.807) is 23.7 Å². The molecule has 6 rings (SSSR count). The van der Waals surface area contributed by atoms with Crippen LogP contribution in [0.4, 0.5) is 5.69 Å². The van der Waals surface area contributed by atoms with Gasteiger partial charge in [-0.15, -0.1) is 11.3 Å². The number of nitrogens with one attached hydrogen (secondary N) is 2. The fraction of sp³-hybridized carbons (Fsp3) is 0.0435. The predicted octanol–water partition coefficient (Wildman–Crippen LogP) is 5.18. The van der Waals surface area contributed by atoms with Crippen molar-refractivity contribution in [2.24, 2.45) is 0 Å². The molecule has 0 atom stereocenters. The molecule has 31 heavy (non-hydrogen) atoms. The van der Waals surface area contributed by atoms with Crippen LogP contribution in [0.2, 0.25) is 0 Å². The molecule has 6 aromatic heterocycles. The molecule has 8 heteroatoms. The monoisotopic (exact) mass is 423 g/mol. The molecule has 6 aromatic rings. The van der Waals surface area contributed by atoms with Crippen LogP contribution < -0.4 is 5.73 Å². The number of H-pyrrole nitrogens is 2. The Balaban J connectivity index is 1.51. The van der Waals surface area contributed by atoms with Crippen molar-refractivity contribution >= 4 is 39.1 Å². The van der Waals surface area contributed by atoms with Crippen LogP contribution in [0.3, 0.4) is 0 Å². The van der Waals surface area contributed by atoms with Gasteiger partial charge in [0.15, 0.2) is 0 Å². The third-order valence-electron chi connectivity index (χ3n) is 5.26. The Kier molecular flexibility index (Phi) is 3.87. The molecule has 0 aliphatic rings. The van der Waals surface area contributed by atoms with E-state index in [4.69, 9.17) is 10.7 Å². The lowest BCUT2D eigenvalue weighted by molar-refractivity contribution is 1.12. The van der Waals surface area contributed by atoms with Crippen LogP contribution in [0, 0.1) is 6.92 Å². The van der Waals surface area contributed by atoms with Gasteiger partial charge in [-0.1, -0.05) is 0 Å². The third kappa shape index (κ3) is 2.96. The maximum absolute atomic E-state index is 5.90. The van der Waals surface area contributed by atoms with Crippen LogP contribution in [-0.2, 0) is 0 Å². The number of anilines is 1. The van der Waals surface area contributed by atoms with Gasteiger partial charge in [0.1, 0.15) is 16.9 Å². The Labute approximate surface area is 181 Å². The van der Waals surface area contributed by atoms with Crippen molar-refractivity contribution in [1.29, 1.82) is 0 Å². The summed E-state index contributed by atoms with van der Waals surface area (Å²) in [4.78, 5) is 19.5. The first kappa shape index (κ1) is 17.8. The van der Waals surface area contributed by atoms with Gasteiger partial charge in [-0.25, -0.2) is 9.97 Å². The van der Waals surface area contributed by atoms with Crippen LogP contribution in [-0.4, -0.2) is 30.1 Å². The number of hydrogen-bond acceptors (Lipinski definition) is 6. The number of aryl methyl sites for hydroxylation is 1. The van der Waals surface area contributed by atoms with E-state index in [0.717, 1.165) is 50.3 Å². The molecule has 0 fully saturated rings.